The van der Waals surface area contributed by atoms with Crippen molar-refractivity contribution in [2.24, 2.45) is 0 Å². The molecule has 2 N–H and O–H groups in total. The molecule has 1 aromatic heterocycles. The zero-order chi connectivity index (χ0) is 21.6. The number of carbonyl (C=O) groups is 1. The highest BCUT2D eigenvalue weighted by Gasteiger charge is 2.14. The topological polar surface area (TPSA) is 88.2 Å². The van der Waals surface area contributed by atoms with Gasteiger partial charge < -0.3 is 5.32 Å². The molecule has 156 valence electrons. The Bertz CT molecular complexity index is 1100. The maximum Gasteiger partial charge on any atom is 0.263 e. The molecule has 0 bridgehead atoms. The molecule has 0 aliphatic carbocycles. The lowest BCUT2D eigenvalue weighted by Crippen LogP contribution is -2.15. The molecule has 0 aliphatic rings. The molecule has 0 atom stereocenters. The highest BCUT2D eigenvalue weighted by Crippen LogP contribution is 2.19. The zero-order valence-electron chi connectivity index (χ0n) is 16.8. The van der Waals surface area contributed by atoms with Crippen LogP contribution in [-0.2, 0) is 20.6 Å². The molecule has 0 spiro atoms. The second kappa shape index (κ2) is 9.77. The highest BCUT2D eigenvalue weighted by molar-refractivity contribution is 7.99. The van der Waals surface area contributed by atoms with E-state index in [4.69, 9.17) is 0 Å². The first-order valence-electron chi connectivity index (χ1n) is 9.30. The number of benzene rings is 2. The van der Waals surface area contributed by atoms with Crippen LogP contribution < -0.4 is 10.0 Å². The first kappa shape index (κ1) is 21.9. The lowest BCUT2D eigenvalue weighted by molar-refractivity contribution is -0.113. The Hall–Kier alpha value is -2.84. The number of hydrogen-bond acceptors (Lipinski definition) is 5. The van der Waals surface area contributed by atoms with Gasteiger partial charge in [0.1, 0.15) is 5.82 Å². The summed E-state index contributed by atoms with van der Waals surface area (Å²) in [7, 11) is -3.74. The monoisotopic (exact) mass is 441 g/mol. The van der Waals surface area contributed by atoms with Crippen molar-refractivity contribution in [1.82, 2.24) is 4.98 Å². The summed E-state index contributed by atoms with van der Waals surface area (Å²) in [5, 5.41) is 2.79. The number of anilines is 2. The summed E-state index contributed by atoms with van der Waals surface area (Å²) in [6.07, 6.45) is 1.51. The summed E-state index contributed by atoms with van der Waals surface area (Å²) >= 11 is 1.53. The van der Waals surface area contributed by atoms with Gasteiger partial charge in [-0.3, -0.25) is 9.52 Å². The second-order valence-electron chi connectivity index (χ2n) is 6.88. The molecule has 0 fully saturated rings. The Morgan fingerprint density at radius 2 is 1.70 bits per heavy atom. The predicted octanol–water partition coefficient (Wildman–Crippen LogP) is 4.37. The lowest BCUT2D eigenvalue weighted by atomic mass is 10.1. The van der Waals surface area contributed by atoms with Gasteiger partial charge in [0.15, 0.2) is 0 Å². The summed E-state index contributed by atoms with van der Waals surface area (Å²) in [5.74, 6) is 1.18. The van der Waals surface area contributed by atoms with Crippen molar-refractivity contribution >= 4 is 39.2 Å². The second-order valence-corrected chi connectivity index (χ2v) is 9.55. The molecule has 0 saturated heterocycles. The van der Waals surface area contributed by atoms with Gasteiger partial charge in [0.05, 0.1) is 10.6 Å². The number of amides is 1. The van der Waals surface area contributed by atoms with Gasteiger partial charge in [-0.05, 0) is 55.8 Å². The molecule has 3 aromatic rings. The van der Waals surface area contributed by atoms with Crippen LogP contribution >= 0.6 is 11.8 Å². The van der Waals surface area contributed by atoms with Gasteiger partial charge in [-0.1, -0.05) is 35.4 Å². The quantitative estimate of drug-likeness (QED) is 0.542. The molecule has 6 nitrogen and oxygen atoms in total. The summed E-state index contributed by atoms with van der Waals surface area (Å²) < 4.78 is 27.3. The van der Waals surface area contributed by atoms with E-state index in [-0.39, 0.29) is 16.6 Å². The summed E-state index contributed by atoms with van der Waals surface area (Å²) in [6, 6.07) is 17.4. The number of hydrogen-bond donors (Lipinski definition) is 2. The van der Waals surface area contributed by atoms with E-state index < -0.39 is 10.0 Å². The van der Waals surface area contributed by atoms with Crippen LogP contribution in [0.1, 0.15) is 16.7 Å². The van der Waals surface area contributed by atoms with E-state index in [1.165, 1.54) is 46.8 Å². The minimum absolute atomic E-state index is 0.0929. The third-order valence-electron chi connectivity index (χ3n) is 4.14. The molecule has 3 rings (SSSR count). The third kappa shape index (κ3) is 6.33. The Morgan fingerprint density at radius 1 is 1.00 bits per heavy atom. The van der Waals surface area contributed by atoms with Crippen molar-refractivity contribution < 1.29 is 13.2 Å². The van der Waals surface area contributed by atoms with Crippen molar-refractivity contribution in [3.8, 4) is 0 Å². The van der Waals surface area contributed by atoms with E-state index >= 15 is 0 Å². The molecule has 30 heavy (non-hydrogen) atoms. The minimum Gasteiger partial charge on any atom is -0.325 e. The minimum atomic E-state index is -3.74. The number of aryl methyl sites for hydroxylation is 2. The van der Waals surface area contributed by atoms with Crippen LogP contribution in [0.4, 0.5) is 11.5 Å². The van der Waals surface area contributed by atoms with Crippen LogP contribution in [0, 0.1) is 13.8 Å². The van der Waals surface area contributed by atoms with Crippen LogP contribution in [0.2, 0.25) is 0 Å². The van der Waals surface area contributed by atoms with Crippen LogP contribution in [0.3, 0.4) is 0 Å². The molecule has 8 heteroatoms. The Kier molecular flexibility index (Phi) is 7.12. The summed E-state index contributed by atoms with van der Waals surface area (Å²) in [6.45, 7) is 4.12. The molecule has 1 heterocycles. The third-order valence-corrected chi connectivity index (χ3v) is 6.51. The number of rotatable bonds is 8. The van der Waals surface area contributed by atoms with E-state index in [0.29, 0.717) is 11.4 Å². The normalized spacial score (nSPS) is 11.1. The average Bonchev–Trinajstić information content (AvgIpc) is 2.68. The maximum absolute atomic E-state index is 12.4. The fourth-order valence-electron chi connectivity index (χ4n) is 2.95. The van der Waals surface area contributed by atoms with Crippen molar-refractivity contribution in [2.45, 2.75) is 24.5 Å². The molecule has 0 saturated carbocycles. The molecule has 0 aliphatic heterocycles. The van der Waals surface area contributed by atoms with E-state index in [9.17, 15) is 13.2 Å². The molecule has 0 unspecified atom stereocenters. The fourth-order valence-corrected chi connectivity index (χ4v) is 4.72. The van der Waals surface area contributed by atoms with E-state index in [0.717, 1.165) is 5.75 Å². The van der Waals surface area contributed by atoms with Gasteiger partial charge in [-0.15, -0.1) is 11.8 Å². The summed E-state index contributed by atoms with van der Waals surface area (Å²) in [5.41, 5.74) is 4.16. The number of nitrogens with zero attached hydrogens (tertiary/aromatic N) is 1. The first-order valence-corrected chi connectivity index (χ1v) is 11.9. The lowest BCUT2D eigenvalue weighted by Gasteiger charge is -2.09. The number of carbonyl (C=O) groups excluding carboxylic acids is 1. The molecular weight excluding hydrogens is 418 g/mol. The largest absolute Gasteiger partial charge is 0.325 e. The predicted molar refractivity (Wildman–Crippen MR) is 122 cm³/mol. The number of sulfonamides is 1. The molecule has 0 radical (unpaired) electrons. The smallest absolute Gasteiger partial charge is 0.263 e. The number of aromatic nitrogens is 1. The van der Waals surface area contributed by atoms with Gasteiger partial charge in [0.2, 0.25) is 5.91 Å². The van der Waals surface area contributed by atoms with Crippen molar-refractivity contribution in [3.63, 3.8) is 0 Å². The van der Waals surface area contributed by atoms with Crippen LogP contribution in [0.25, 0.3) is 0 Å². The molecule has 2 aromatic carbocycles. The molecule has 1 amide bonds. The average molecular weight is 442 g/mol. The standard InChI is InChI=1S/C22H23N3O3S2/c1-16-11-17(2)13-18(12-16)14-29-15-22(26)24-19-6-8-20(9-7-19)30(27,28)25-21-5-3-4-10-23-21/h3-13H,14-15H2,1-2H3,(H,23,25)(H,24,26). The molecular formula is C22H23N3O3S2. The first-order chi connectivity index (χ1) is 14.3. The number of thioether (sulfide) groups is 1. The van der Waals surface area contributed by atoms with E-state index in [1.807, 2.05) is 0 Å². The Balaban J connectivity index is 1.52. The van der Waals surface area contributed by atoms with Crippen molar-refractivity contribution in [2.75, 3.05) is 15.8 Å². The highest BCUT2D eigenvalue weighted by atomic mass is 32.2. The van der Waals surface area contributed by atoms with Crippen LogP contribution in [0.5, 0.6) is 0 Å². The van der Waals surface area contributed by atoms with E-state index in [1.54, 1.807) is 30.3 Å². The van der Waals surface area contributed by atoms with Crippen molar-refractivity contribution in [3.05, 3.63) is 83.6 Å². The van der Waals surface area contributed by atoms with Crippen LogP contribution in [-0.4, -0.2) is 25.1 Å². The van der Waals surface area contributed by atoms with Crippen molar-refractivity contribution in [1.29, 1.82) is 0 Å². The number of pyridine rings is 1. The van der Waals surface area contributed by atoms with E-state index in [2.05, 4.69) is 47.1 Å². The summed E-state index contributed by atoms with van der Waals surface area (Å²) in [4.78, 5) is 16.2. The Morgan fingerprint density at radius 3 is 2.33 bits per heavy atom. The SMILES string of the molecule is Cc1cc(C)cc(CSCC(=O)Nc2ccc(S(=O)(=O)Nc3ccccn3)cc2)c1. The van der Waals surface area contributed by atoms with Gasteiger partial charge in [0, 0.05) is 17.6 Å². The number of nitrogens with one attached hydrogen (secondary N) is 2. The van der Waals surface area contributed by atoms with Gasteiger partial charge in [-0.25, -0.2) is 13.4 Å². The zero-order valence-corrected chi connectivity index (χ0v) is 18.4. The van der Waals surface area contributed by atoms with Gasteiger partial charge >= 0.3 is 0 Å². The van der Waals surface area contributed by atoms with Gasteiger partial charge in [-0.2, -0.15) is 0 Å². The van der Waals surface area contributed by atoms with Gasteiger partial charge in [0.25, 0.3) is 10.0 Å². The Labute approximate surface area is 181 Å². The fraction of sp³-hybridized carbons (Fsp3) is 0.182. The van der Waals surface area contributed by atoms with Crippen LogP contribution in [0.15, 0.2) is 71.8 Å². The maximum atomic E-state index is 12.4.